The Labute approximate surface area is 138 Å². The first-order valence-electron chi connectivity index (χ1n) is 7.34. The number of amides is 2. The van der Waals surface area contributed by atoms with Crippen LogP contribution in [-0.2, 0) is 16.1 Å². The number of nitrogens with zero attached hydrogens (tertiary/aromatic N) is 1. The molecule has 0 spiro atoms. The summed E-state index contributed by atoms with van der Waals surface area (Å²) >= 11 is 0. The number of nitro groups is 1. The highest BCUT2D eigenvalue weighted by Crippen LogP contribution is 2.24. The number of rotatable bonds is 7. The summed E-state index contributed by atoms with van der Waals surface area (Å²) < 4.78 is 0. The molecule has 0 aromatic heterocycles. The maximum absolute atomic E-state index is 11.5. The number of carbonyl (C=O) groups is 2. The molecule has 0 bridgehead atoms. The number of benzene rings is 2. The van der Waals surface area contributed by atoms with Gasteiger partial charge in [-0.25, -0.2) is 0 Å². The highest BCUT2D eigenvalue weighted by atomic mass is 16.6. The molecule has 0 saturated carbocycles. The number of carbonyl (C=O) groups excluding carboxylic acids is 2. The number of nitro benzene ring substituents is 1. The molecule has 124 valence electrons. The largest absolute Gasteiger partial charge is 0.370 e. The van der Waals surface area contributed by atoms with E-state index in [1.807, 2.05) is 24.3 Å². The Balaban J connectivity index is 1.98. The van der Waals surface area contributed by atoms with Gasteiger partial charge in [0.05, 0.1) is 4.92 Å². The molecule has 2 aromatic carbocycles. The molecule has 2 aromatic rings. The Hall–Kier alpha value is -3.22. The molecular formula is C17H17N3O4. The summed E-state index contributed by atoms with van der Waals surface area (Å²) in [5.41, 5.74) is 7.51. The number of hydrogen-bond acceptors (Lipinski definition) is 4. The van der Waals surface area contributed by atoms with E-state index in [-0.39, 0.29) is 24.4 Å². The van der Waals surface area contributed by atoms with E-state index in [2.05, 4.69) is 5.32 Å². The van der Waals surface area contributed by atoms with Gasteiger partial charge in [0, 0.05) is 31.5 Å². The highest BCUT2D eigenvalue weighted by molar-refractivity contribution is 5.82. The minimum absolute atomic E-state index is 0.0254. The fourth-order valence-corrected chi connectivity index (χ4v) is 2.14. The molecule has 0 fully saturated rings. The van der Waals surface area contributed by atoms with Crippen molar-refractivity contribution in [2.24, 2.45) is 5.73 Å². The third-order valence-electron chi connectivity index (χ3n) is 3.43. The molecule has 3 N–H and O–H groups in total. The molecule has 7 nitrogen and oxygen atoms in total. The minimum Gasteiger partial charge on any atom is -0.370 e. The smallest absolute Gasteiger partial charge is 0.270 e. The average Bonchev–Trinajstić information content (AvgIpc) is 2.58. The Bertz CT molecular complexity index is 757. The number of nitrogens with one attached hydrogen (secondary N) is 1. The second kappa shape index (κ2) is 7.87. The molecule has 7 heteroatoms. The van der Waals surface area contributed by atoms with Gasteiger partial charge in [0.25, 0.3) is 5.69 Å². The van der Waals surface area contributed by atoms with Crippen LogP contribution in [0.2, 0.25) is 0 Å². The van der Waals surface area contributed by atoms with E-state index in [1.165, 1.54) is 12.1 Å². The van der Waals surface area contributed by atoms with Crippen LogP contribution in [0.1, 0.15) is 18.4 Å². The van der Waals surface area contributed by atoms with Gasteiger partial charge in [0.15, 0.2) is 0 Å². The van der Waals surface area contributed by atoms with Gasteiger partial charge in [-0.3, -0.25) is 19.7 Å². The van der Waals surface area contributed by atoms with Crippen LogP contribution in [0, 0.1) is 10.1 Å². The van der Waals surface area contributed by atoms with Crippen molar-refractivity contribution in [3.05, 3.63) is 64.2 Å². The lowest BCUT2D eigenvalue weighted by molar-refractivity contribution is -0.384. The van der Waals surface area contributed by atoms with Crippen LogP contribution >= 0.6 is 0 Å². The third kappa shape index (κ3) is 4.91. The summed E-state index contributed by atoms with van der Waals surface area (Å²) in [6.45, 7) is 0.340. The van der Waals surface area contributed by atoms with Gasteiger partial charge in [-0.15, -0.1) is 0 Å². The lowest BCUT2D eigenvalue weighted by atomic mass is 10.0. The van der Waals surface area contributed by atoms with E-state index >= 15 is 0 Å². The fourth-order valence-electron chi connectivity index (χ4n) is 2.14. The van der Waals surface area contributed by atoms with Gasteiger partial charge in [-0.2, -0.15) is 0 Å². The van der Waals surface area contributed by atoms with Crippen molar-refractivity contribution in [1.29, 1.82) is 0 Å². The Kier molecular flexibility index (Phi) is 5.62. The standard InChI is InChI=1S/C17H17N3O4/c18-16(21)8-9-17(22)19-11-12-4-6-13(7-5-12)14-2-1-3-15(10-14)20(23)24/h1-7,10H,8-9,11H2,(H2,18,21)(H,19,22). The molecular weight excluding hydrogens is 310 g/mol. The monoisotopic (exact) mass is 327 g/mol. The van der Waals surface area contributed by atoms with Gasteiger partial charge < -0.3 is 11.1 Å². The van der Waals surface area contributed by atoms with Crippen LogP contribution in [0.15, 0.2) is 48.5 Å². The summed E-state index contributed by atoms with van der Waals surface area (Å²) in [5.74, 6) is -0.747. The number of hydrogen-bond donors (Lipinski definition) is 2. The van der Waals surface area contributed by atoms with Gasteiger partial charge in [-0.05, 0) is 16.7 Å². The summed E-state index contributed by atoms with van der Waals surface area (Å²) in [6, 6.07) is 13.7. The van der Waals surface area contributed by atoms with E-state index < -0.39 is 10.8 Å². The van der Waals surface area contributed by atoms with Gasteiger partial charge >= 0.3 is 0 Å². The van der Waals surface area contributed by atoms with Crippen molar-refractivity contribution < 1.29 is 14.5 Å². The quantitative estimate of drug-likeness (QED) is 0.598. The van der Waals surface area contributed by atoms with Crippen molar-refractivity contribution in [3.63, 3.8) is 0 Å². The molecule has 0 atom stereocenters. The highest BCUT2D eigenvalue weighted by Gasteiger charge is 2.07. The lowest BCUT2D eigenvalue weighted by Crippen LogP contribution is -2.24. The molecule has 0 aliphatic rings. The van der Waals surface area contributed by atoms with Crippen molar-refractivity contribution in [1.82, 2.24) is 5.32 Å². The average molecular weight is 327 g/mol. The molecule has 0 heterocycles. The van der Waals surface area contributed by atoms with Crippen LogP contribution in [-0.4, -0.2) is 16.7 Å². The van der Waals surface area contributed by atoms with Gasteiger partial charge in [-0.1, -0.05) is 36.4 Å². The van der Waals surface area contributed by atoms with E-state index in [9.17, 15) is 19.7 Å². The van der Waals surface area contributed by atoms with Gasteiger partial charge in [0.1, 0.15) is 0 Å². The maximum Gasteiger partial charge on any atom is 0.270 e. The zero-order chi connectivity index (χ0) is 17.5. The molecule has 2 amide bonds. The number of nitrogens with two attached hydrogens (primary N) is 1. The zero-order valence-corrected chi connectivity index (χ0v) is 12.9. The maximum atomic E-state index is 11.5. The SMILES string of the molecule is NC(=O)CCC(=O)NCc1ccc(-c2cccc([N+](=O)[O-])c2)cc1. The van der Waals surface area contributed by atoms with E-state index in [1.54, 1.807) is 12.1 Å². The van der Waals surface area contributed by atoms with Gasteiger partial charge in [0.2, 0.25) is 11.8 Å². The second-order valence-electron chi connectivity index (χ2n) is 5.25. The number of primary amides is 1. The molecule has 2 rings (SSSR count). The van der Waals surface area contributed by atoms with Crippen LogP contribution in [0.25, 0.3) is 11.1 Å². The molecule has 0 unspecified atom stereocenters. The molecule has 0 aliphatic carbocycles. The molecule has 0 saturated heterocycles. The van der Waals surface area contributed by atoms with Crippen molar-refractivity contribution in [2.75, 3.05) is 0 Å². The van der Waals surface area contributed by atoms with Crippen LogP contribution in [0.5, 0.6) is 0 Å². The Morgan fingerprint density at radius 1 is 1.04 bits per heavy atom. The van der Waals surface area contributed by atoms with Crippen LogP contribution in [0.3, 0.4) is 0 Å². The summed E-state index contributed by atoms with van der Waals surface area (Å²) in [6.07, 6.45) is 0.0959. The van der Waals surface area contributed by atoms with E-state index in [0.717, 1.165) is 16.7 Å². The zero-order valence-electron chi connectivity index (χ0n) is 12.9. The fraction of sp³-hybridized carbons (Fsp3) is 0.176. The van der Waals surface area contributed by atoms with Crippen molar-refractivity contribution >= 4 is 17.5 Å². The normalized spacial score (nSPS) is 10.2. The molecule has 0 radical (unpaired) electrons. The van der Waals surface area contributed by atoms with Crippen LogP contribution < -0.4 is 11.1 Å². The topological polar surface area (TPSA) is 115 Å². The molecule has 24 heavy (non-hydrogen) atoms. The van der Waals surface area contributed by atoms with Crippen molar-refractivity contribution in [3.8, 4) is 11.1 Å². The molecule has 0 aliphatic heterocycles. The van der Waals surface area contributed by atoms with E-state index in [0.29, 0.717) is 6.54 Å². The first-order valence-corrected chi connectivity index (χ1v) is 7.34. The van der Waals surface area contributed by atoms with Crippen LogP contribution in [0.4, 0.5) is 5.69 Å². The van der Waals surface area contributed by atoms with E-state index in [4.69, 9.17) is 5.73 Å². The van der Waals surface area contributed by atoms with Crippen molar-refractivity contribution in [2.45, 2.75) is 19.4 Å². The minimum atomic E-state index is -0.508. The summed E-state index contributed by atoms with van der Waals surface area (Å²) in [4.78, 5) is 32.5. The number of non-ortho nitro benzene ring substituents is 1. The first-order chi connectivity index (χ1) is 11.5. The first kappa shape index (κ1) is 17.1. The Morgan fingerprint density at radius 3 is 2.38 bits per heavy atom. The predicted molar refractivity (Wildman–Crippen MR) is 88.8 cm³/mol. The second-order valence-corrected chi connectivity index (χ2v) is 5.25. The summed E-state index contributed by atoms with van der Waals surface area (Å²) in [5, 5.41) is 13.5. The lowest BCUT2D eigenvalue weighted by Gasteiger charge is -2.06. The Morgan fingerprint density at radius 2 is 1.75 bits per heavy atom. The third-order valence-corrected chi connectivity index (χ3v) is 3.43. The predicted octanol–water partition coefficient (Wildman–Crippen LogP) is 2.14. The summed E-state index contributed by atoms with van der Waals surface area (Å²) in [7, 11) is 0.